The fraction of sp³-hybridized carbons (Fsp3) is 0.133. The van der Waals surface area contributed by atoms with Crippen molar-refractivity contribution >= 4 is 28.7 Å². The van der Waals surface area contributed by atoms with Crippen LogP contribution >= 0.6 is 0 Å². The number of hydrogen-bond donors (Lipinski definition) is 3. The summed E-state index contributed by atoms with van der Waals surface area (Å²) in [5.41, 5.74) is 0.0851. The van der Waals surface area contributed by atoms with Gasteiger partial charge in [-0.1, -0.05) is 36.4 Å². The van der Waals surface area contributed by atoms with E-state index in [2.05, 4.69) is 4.74 Å². The predicted octanol–water partition coefficient (Wildman–Crippen LogP) is 0.895. The first-order valence-electron chi connectivity index (χ1n) is 6.24. The molecule has 0 aliphatic heterocycles. The Morgan fingerprint density at radius 1 is 0.909 bits per heavy atom. The summed E-state index contributed by atoms with van der Waals surface area (Å²) in [5, 5.41) is 28.1. The summed E-state index contributed by atoms with van der Waals surface area (Å²) < 4.78 is 4.66. The first-order chi connectivity index (χ1) is 10.4. The van der Waals surface area contributed by atoms with Gasteiger partial charge in [0.05, 0.1) is 5.56 Å². The SMILES string of the molecule is O=C(O[C@@H](C(=O)O)[C@@H](O)C(=O)O)c1cccc2ccccc12. The van der Waals surface area contributed by atoms with E-state index in [1.165, 1.54) is 6.07 Å². The van der Waals surface area contributed by atoms with Crippen molar-refractivity contribution in [2.45, 2.75) is 12.2 Å². The van der Waals surface area contributed by atoms with Crippen LogP contribution in [0.15, 0.2) is 42.5 Å². The topological polar surface area (TPSA) is 121 Å². The lowest BCUT2D eigenvalue weighted by molar-refractivity contribution is -0.166. The molecule has 0 amide bonds. The number of aliphatic hydroxyl groups is 1. The second-order valence-corrected chi connectivity index (χ2v) is 4.47. The van der Waals surface area contributed by atoms with Gasteiger partial charge in [-0.05, 0) is 16.8 Å². The summed E-state index contributed by atoms with van der Waals surface area (Å²) in [5.74, 6) is -4.56. The van der Waals surface area contributed by atoms with E-state index in [0.29, 0.717) is 5.39 Å². The van der Waals surface area contributed by atoms with Gasteiger partial charge < -0.3 is 20.1 Å². The first kappa shape index (κ1) is 15.5. The Morgan fingerprint density at radius 3 is 2.18 bits per heavy atom. The normalized spacial score (nSPS) is 13.3. The summed E-state index contributed by atoms with van der Waals surface area (Å²) in [6.07, 6.45) is -4.54. The van der Waals surface area contributed by atoms with E-state index in [4.69, 9.17) is 10.2 Å². The van der Waals surface area contributed by atoms with E-state index in [9.17, 15) is 19.5 Å². The molecule has 2 aromatic rings. The van der Waals surface area contributed by atoms with Crippen molar-refractivity contribution in [3.8, 4) is 0 Å². The van der Waals surface area contributed by atoms with E-state index < -0.39 is 30.1 Å². The number of carboxylic acids is 2. The molecule has 0 aromatic heterocycles. The number of fused-ring (bicyclic) bond motifs is 1. The lowest BCUT2D eigenvalue weighted by Gasteiger charge is -2.17. The Morgan fingerprint density at radius 2 is 1.55 bits per heavy atom. The Labute approximate surface area is 124 Å². The Bertz CT molecular complexity index is 732. The summed E-state index contributed by atoms with van der Waals surface area (Å²) in [7, 11) is 0. The molecule has 22 heavy (non-hydrogen) atoms. The van der Waals surface area contributed by atoms with Gasteiger partial charge in [0.25, 0.3) is 0 Å². The van der Waals surface area contributed by atoms with Crippen LogP contribution in [0.25, 0.3) is 10.8 Å². The minimum absolute atomic E-state index is 0.0851. The maximum atomic E-state index is 12.1. The van der Waals surface area contributed by atoms with Crippen LogP contribution in [-0.4, -0.2) is 45.4 Å². The molecule has 0 radical (unpaired) electrons. The molecule has 0 aliphatic rings. The predicted molar refractivity (Wildman–Crippen MR) is 74.4 cm³/mol. The van der Waals surface area contributed by atoms with Gasteiger partial charge in [-0.3, -0.25) is 0 Å². The molecule has 0 aliphatic carbocycles. The molecule has 0 fully saturated rings. The van der Waals surface area contributed by atoms with E-state index in [1.54, 1.807) is 36.4 Å². The number of carbonyl (C=O) groups excluding carboxylic acids is 1. The minimum Gasteiger partial charge on any atom is -0.479 e. The van der Waals surface area contributed by atoms with E-state index >= 15 is 0 Å². The van der Waals surface area contributed by atoms with Crippen molar-refractivity contribution in [1.82, 2.24) is 0 Å². The van der Waals surface area contributed by atoms with Gasteiger partial charge >= 0.3 is 17.9 Å². The third-order valence-corrected chi connectivity index (χ3v) is 3.03. The number of ether oxygens (including phenoxy) is 1. The molecule has 7 nitrogen and oxygen atoms in total. The lowest BCUT2D eigenvalue weighted by Crippen LogP contribution is -2.43. The summed E-state index contributed by atoms with van der Waals surface area (Å²) in [6.45, 7) is 0. The van der Waals surface area contributed by atoms with Gasteiger partial charge in [0.1, 0.15) is 0 Å². The second-order valence-electron chi connectivity index (χ2n) is 4.47. The maximum Gasteiger partial charge on any atom is 0.348 e. The monoisotopic (exact) mass is 304 g/mol. The average molecular weight is 304 g/mol. The number of hydrogen-bond acceptors (Lipinski definition) is 5. The van der Waals surface area contributed by atoms with Crippen LogP contribution in [0.5, 0.6) is 0 Å². The van der Waals surface area contributed by atoms with Crippen molar-refractivity contribution in [2.75, 3.05) is 0 Å². The third-order valence-electron chi connectivity index (χ3n) is 3.03. The van der Waals surface area contributed by atoms with Gasteiger partial charge in [0.15, 0.2) is 6.10 Å². The molecule has 2 rings (SSSR count). The van der Waals surface area contributed by atoms with Crippen LogP contribution in [0.2, 0.25) is 0 Å². The fourth-order valence-electron chi connectivity index (χ4n) is 1.96. The molecule has 0 spiro atoms. The molecule has 0 heterocycles. The Hall–Kier alpha value is -2.93. The van der Waals surface area contributed by atoms with Crippen LogP contribution in [0.4, 0.5) is 0 Å². The highest BCUT2D eigenvalue weighted by Crippen LogP contribution is 2.20. The van der Waals surface area contributed by atoms with Crippen molar-refractivity contribution in [3.05, 3.63) is 48.0 Å². The standard InChI is InChI=1S/C15H12O7/c16-11(13(17)18)12(14(19)20)22-15(21)10-7-3-5-8-4-1-2-6-9(8)10/h1-7,11-12,16H,(H,17,18)(H,19,20)/t11-,12-/m1/s1. The highest BCUT2D eigenvalue weighted by Gasteiger charge is 2.36. The van der Waals surface area contributed by atoms with Gasteiger partial charge in [0.2, 0.25) is 6.10 Å². The summed E-state index contributed by atoms with van der Waals surface area (Å²) in [6, 6.07) is 11.6. The largest absolute Gasteiger partial charge is 0.479 e. The van der Waals surface area contributed by atoms with Gasteiger partial charge in [-0.25, -0.2) is 14.4 Å². The van der Waals surface area contributed by atoms with Crippen LogP contribution in [0, 0.1) is 0 Å². The van der Waals surface area contributed by atoms with Crippen LogP contribution in [0.3, 0.4) is 0 Å². The van der Waals surface area contributed by atoms with Gasteiger partial charge in [-0.2, -0.15) is 0 Å². The zero-order valence-electron chi connectivity index (χ0n) is 11.2. The maximum absolute atomic E-state index is 12.1. The molecule has 2 atom stereocenters. The van der Waals surface area contributed by atoms with Crippen LogP contribution in [-0.2, 0) is 14.3 Å². The number of esters is 1. The Kier molecular flexibility index (Phi) is 4.38. The highest BCUT2D eigenvalue weighted by atomic mass is 16.6. The number of aliphatic carboxylic acids is 2. The molecule has 2 aromatic carbocycles. The van der Waals surface area contributed by atoms with E-state index in [0.717, 1.165) is 5.39 Å². The number of benzene rings is 2. The van der Waals surface area contributed by atoms with Gasteiger partial charge in [-0.15, -0.1) is 0 Å². The third kappa shape index (κ3) is 3.04. The zero-order valence-corrected chi connectivity index (χ0v) is 11.2. The second kappa shape index (κ2) is 6.23. The summed E-state index contributed by atoms with van der Waals surface area (Å²) >= 11 is 0. The molecule has 0 bridgehead atoms. The summed E-state index contributed by atoms with van der Waals surface area (Å²) in [4.78, 5) is 33.8. The smallest absolute Gasteiger partial charge is 0.348 e. The van der Waals surface area contributed by atoms with Crippen molar-refractivity contribution in [1.29, 1.82) is 0 Å². The number of aliphatic hydroxyl groups excluding tert-OH is 1. The molecule has 3 N–H and O–H groups in total. The van der Waals surface area contributed by atoms with E-state index in [-0.39, 0.29) is 5.56 Å². The number of carboxylic acid groups (broad SMARTS) is 2. The average Bonchev–Trinajstić information content (AvgIpc) is 2.50. The molecule has 7 heteroatoms. The molecular formula is C15H12O7. The molecule has 114 valence electrons. The minimum atomic E-state index is -2.35. The molecular weight excluding hydrogens is 292 g/mol. The molecule has 0 saturated heterocycles. The van der Waals surface area contributed by atoms with Crippen LogP contribution < -0.4 is 0 Å². The number of carbonyl (C=O) groups is 3. The fourth-order valence-corrected chi connectivity index (χ4v) is 1.96. The lowest BCUT2D eigenvalue weighted by atomic mass is 10.0. The van der Waals surface area contributed by atoms with Gasteiger partial charge in [0, 0.05) is 0 Å². The Balaban J connectivity index is 2.34. The van der Waals surface area contributed by atoms with Crippen molar-refractivity contribution in [2.24, 2.45) is 0 Å². The highest BCUT2D eigenvalue weighted by molar-refractivity contribution is 6.05. The molecule has 0 unspecified atom stereocenters. The zero-order chi connectivity index (χ0) is 16.3. The van der Waals surface area contributed by atoms with Crippen LogP contribution in [0.1, 0.15) is 10.4 Å². The van der Waals surface area contributed by atoms with E-state index in [1.807, 2.05) is 0 Å². The molecule has 0 saturated carbocycles. The first-order valence-corrected chi connectivity index (χ1v) is 6.24. The van der Waals surface area contributed by atoms with Crippen molar-refractivity contribution < 1.29 is 34.4 Å². The quantitative estimate of drug-likeness (QED) is 0.701. The van der Waals surface area contributed by atoms with Crippen molar-refractivity contribution in [3.63, 3.8) is 0 Å². The number of rotatable bonds is 5.